The zero-order valence-electron chi connectivity index (χ0n) is 11.6. The van der Waals surface area contributed by atoms with Crippen LogP contribution in [0.5, 0.6) is 0 Å². The minimum atomic E-state index is -0.949. The number of hydrogen-bond donors (Lipinski definition) is 1. The highest BCUT2D eigenvalue weighted by Gasteiger charge is 2.31. The van der Waals surface area contributed by atoms with Crippen molar-refractivity contribution in [1.82, 2.24) is 4.90 Å². The van der Waals surface area contributed by atoms with E-state index in [1.54, 1.807) is 13.0 Å². The largest absolute Gasteiger partial charge is 0.481 e. The van der Waals surface area contributed by atoms with Gasteiger partial charge >= 0.3 is 5.97 Å². The summed E-state index contributed by atoms with van der Waals surface area (Å²) < 4.78 is 0. The van der Waals surface area contributed by atoms with Crippen LogP contribution in [0.2, 0.25) is 0 Å². The molecule has 1 atom stereocenters. The standard InChI is InChI=1S/C14H16N2O5/c1-9-5-10(7-12(6-9)16(20)21)14(19)15-4-2-3-11(15)8-13(17)18/h5-7,11H,2-4,8H2,1H3,(H,17,18). The average Bonchev–Trinajstić information content (AvgIpc) is 2.84. The Morgan fingerprint density at radius 2 is 2.14 bits per heavy atom. The number of non-ortho nitro benzene ring substituents is 1. The third-order valence-corrected chi connectivity index (χ3v) is 3.57. The Labute approximate surface area is 121 Å². The number of amides is 1. The predicted octanol–water partition coefficient (Wildman–Crippen LogP) is 1.98. The third-order valence-electron chi connectivity index (χ3n) is 3.57. The van der Waals surface area contributed by atoms with Crippen molar-refractivity contribution in [2.75, 3.05) is 6.54 Å². The van der Waals surface area contributed by atoms with Crippen molar-refractivity contribution >= 4 is 17.6 Å². The Morgan fingerprint density at radius 1 is 1.43 bits per heavy atom. The summed E-state index contributed by atoms with van der Waals surface area (Å²) in [6, 6.07) is 3.89. The molecule has 7 heteroatoms. The highest BCUT2D eigenvalue weighted by molar-refractivity contribution is 5.95. The van der Waals surface area contributed by atoms with Crippen LogP contribution in [0.15, 0.2) is 18.2 Å². The van der Waals surface area contributed by atoms with Gasteiger partial charge in [0.25, 0.3) is 11.6 Å². The van der Waals surface area contributed by atoms with E-state index in [-0.39, 0.29) is 29.6 Å². The van der Waals surface area contributed by atoms with Crippen LogP contribution >= 0.6 is 0 Å². The summed E-state index contributed by atoms with van der Waals surface area (Å²) in [6.45, 7) is 2.17. The van der Waals surface area contributed by atoms with Gasteiger partial charge in [-0.15, -0.1) is 0 Å². The van der Waals surface area contributed by atoms with E-state index in [4.69, 9.17) is 5.11 Å². The molecule has 0 aromatic heterocycles. The van der Waals surface area contributed by atoms with Gasteiger partial charge in [0, 0.05) is 30.3 Å². The molecule has 0 radical (unpaired) electrons. The van der Waals surface area contributed by atoms with E-state index in [9.17, 15) is 19.7 Å². The summed E-state index contributed by atoms with van der Waals surface area (Å²) in [6.07, 6.45) is 1.29. The molecule has 1 aliphatic rings. The molecule has 112 valence electrons. The molecular formula is C14H16N2O5. The van der Waals surface area contributed by atoms with Crippen molar-refractivity contribution in [2.45, 2.75) is 32.2 Å². The van der Waals surface area contributed by atoms with Crippen LogP contribution in [0, 0.1) is 17.0 Å². The summed E-state index contributed by atoms with van der Waals surface area (Å²) in [5.41, 5.74) is 0.729. The third kappa shape index (κ3) is 3.36. The van der Waals surface area contributed by atoms with Gasteiger partial charge < -0.3 is 10.0 Å². The lowest BCUT2D eigenvalue weighted by atomic mass is 10.1. The second kappa shape index (κ2) is 5.90. The van der Waals surface area contributed by atoms with Crippen LogP contribution in [-0.2, 0) is 4.79 Å². The maximum atomic E-state index is 12.5. The normalized spacial score (nSPS) is 17.8. The molecule has 7 nitrogen and oxygen atoms in total. The smallest absolute Gasteiger partial charge is 0.305 e. The molecule has 1 unspecified atom stereocenters. The van der Waals surface area contributed by atoms with Gasteiger partial charge in [0.05, 0.1) is 11.3 Å². The Morgan fingerprint density at radius 3 is 2.76 bits per heavy atom. The molecule has 1 aromatic carbocycles. The predicted molar refractivity (Wildman–Crippen MR) is 74.1 cm³/mol. The van der Waals surface area contributed by atoms with E-state index in [0.717, 1.165) is 6.42 Å². The number of carbonyl (C=O) groups is 2. The van der Waals surface area contributed by atoms with Crippen molar-refractivity contribution in [3.05, 3.63) is 39.4 Å². The van der Waals surface area contributed by atoms with Crippen LogP contribution in [-0.4, -0.2) is 39.4 Å². The fourth-order valence-corrected chi connectivity index (χ4v) is 2.67. The first-order chi connectivity index (χ1) is 9.88. The van der Waals surface area contributed by atoms with Crippen molar-refractivity contribution in [3.8, 4) is 0 Å². The van der Waals surface area contributed by atoms with Gasteiger partial charge in [-0.25, -0.2) is 0 Å². The summed E-state index contributed by atoms with van der Waals surface area (Å²) in [4.78, 5) is 35.1. The van der Waals surface area contributed by atoms with E-state index in [0.29, 0.717) is 18.5 Å². The average molecular weight is 292 g/mol. The highest BCUT2D eigenvalue weighted by atomic mass is 16.6. The second-order valence-electron chi connectivity index (χ2n) is 5.21. The SMILES string of the molecule is Cc1cc(C(=O)N2CCCC2CC(=O)O)cc([N+](=O)[O-])c1. The molecule has 0 bridgehead atoms. The summed E-state index contributed by atoms with van der Waals surface area (Å²) in [5, 5.41) is 19.7. The molecule has 1 heterocycles. The van der Waals surface area contributed by atoms with E-state index < -0.39 is 10.9 Å². The van der Waals surface area contributed by atoms with Gasteiger partial charge in [-0.3, -0.25) is 19.7 Å². The lowest BCUT2D eigenvalue weighted by Gasteiger charge is -2.23. The second-order valence-corrected chi connectivity index (χ2v) is 5.21. The molecule has 1 amide bonds. The van der Waals surface area contributed by atoms with Gasteiger partial charge in [-0.05, 0) is 31.4 Å². The molecule has 0 aliphatic carbocycles. The molecule has 0 saturated carbocycles. The molecule has 1 aliphatic heterocycles. The first-order valence-electron chi connectivity index (χ1n) is 6.67. The highest BCUT2D eigenvalue weighted by Crippen LogP contribution is 2.25. The van der Waals surface area contributed by atoms with Crippen LogP contribution in [0.25, 0.3) is 0 Å². The zero-order valence-corrected chi connectivity index (χ0v) is 11.6. The number of nitro benzene ring substituents is 1. The summed E-state index contributed by atoms with van der Waals surface area (Å²) >= 11 is 0. The van der Waals surface area contributed by atoms with Crippen molar-refractivity contribution in [2.24, 2.45) is 0 Å². The molecular weight excluding hydrogens is 276 g/mol. The van der Waals surface area contributed by atoms with E-state index in [1.165, 1.54) is 17.0 Å². The van der Waals surface area contributed by atoms with Crippen LogP contribution in [0.3, 0.4) is 0 Å². The van der Waals surface area contributed by atoms with Crippen molar-refractivity contribution in [1.29, 1.82) is 0 Å². The topological polar surface area (TPSA) is 101 Å². The first-order valence-corrected chi connectivity index (χ1v) is 6.67. The molecule has 21 heavy (non-hydrogen) atoms. The number of likely N-dealkylation sites (tertiary alicyclic amines) is 1. The quantitative estimate of drug-likeness (QED) is 0.675. The number of benzene rings is 1. The van der Waals surface area contributed by atoms with Crippen molar-refractivity contribution in [3.63, 3.8) is 0 Å². The van der Waals surface area contributed by atoms with E-state index in [1.807, 2.05) is 0 Å². The minimum absolute atomic E-state index is 0.0976. The summed E-state index contributed by atoms with van der Waals surface area (Å²) in [5.74, 6) is -1.29. The van der Waals surface area contributed by atoms with E-state index >= 15 is 0 Å². The van der Waals surface area contributed by atoms with Gasteiger partial charge in [0.15, 0.2) is 0 Å². The molecule has 1 fully saturated rings. The Kier molecular flexibility index (Phi) is 4.21. The Hall–Kier alpha value is -2.44. The lowest BCUT2D eigenvalue weighted by molar-refractivity contribution is -0.384. The molecule has 0 spiro atoms. The number of aliphatic carboxylic acids is 1. The van der Waals surface area contributed by atoms with Gasteiger partial charge in [-0.1, -0.05) is 0 Å². The molecule has 1 N–H and O–H groups in total. The number of carboxylic acid groups (broad SMARTS) is 1. The molecule has 1 saturated heterocycles. The van der Waals surface area contributed by atoms with Gasteiger partial charge in [0.2, 0.25) is 0 Å². The summed E-state index contributed by atoms with van der Waals surface area (Å²) in [7, 11) is 0. The number of carbonyl (C=O) groups excluding carboxylic acids is 1. The minimum Gasteiger partial charge on any atom is -0.481 e. The number of carboxylic acids is 1. The Balaban J connectivity index is 2.27. The Bertz CT molecular complexity index is 599. The van der Waals surface area contributed by atoms with Crippen molar-refractivity contribution < 1.29 is 19.6 Å². The monoisotopic (exact) mass is 292 g/mol. The van der Waals surface area contributed by atoms with Crippen LogP contribution in [0.4, 0.5) is 5.69 Å². The molecule has 1 aromatic rings. The lowest BCUT2D eigenvalue weighted by Crippen LogP contribution is -2.36. The van der Waals surface area contributed by atoms with Gasteiger partial charge in [-0.2, -0.15) is 0 Å². The maximum absolute atomic E-state index is 12.5. The maximum Gasteiger partial charge on any atom is 0.305 e. The number of nitro groups is 1. The number of rotatable bonds is 4. The fourth-order valence-electron chi connectivity index (χ4n) is 2.67. The fraction of sp³-hybridized carbons (Fsp3) is 0.429. The number of nitrogens with zero attached hydrogens (tertiary/aromatic N) is 2. The first kappa shape index (κ1) is 15.0. The van der Waals surface area contributed by atoms with Gasteiger partial charge in [0.1, 0.15) is 0 Å². The molecule has 2 rings (SSSR count). The number of aryl methyl sites for hydroxylation is 1. The number of hydrogen-bond acceptors (Lipinski definition) is 4. The van der Waals surface area contributed by atoms with E-state index in [2.05, 4.69) is 0 Å². The van der Waals surface area contributed by atoms with Crippen LogP contribution in [0.1, 0.15) is 35.2 Å². The zero-order chi connectivity index (χ0) is 15.6. The van der Waals surface area contributed by atoms with Crippen LogP contribution < -0.4 is 0 Å².